The van der Waals surface area contributed by atoms with Gasteiger partial charge in [-0.3, -0.25) is 9.78 Å². The number of halogens is 1. The minimum atomic E-state index is -0.991. The molecule has 1 aliphatic heterocycles. The quantitative estimate of drug-likeness (QED) is 0.562. The number of carbonyl (C=O) groups is 1. The number of aromatic nitrogens is 6. The van der Waals surface area contributed by atoms with Gasteiger partial charge in [0.25, 0.3) is 0 Å². The summed E-state index contributed by atoms with van der Waals surface area (Å²) in [6.45, 7) is 3.83. The lowest BCUT2D eigenvalue weighted by molar-refractivity contribution is -0.119. The molecule has 1 atom stereocenters. The molecule has 5 heterocycles. The minimum absolute atomic E-state index is 0.207. The Bertz CT molecular complexity index is 1270. The molecule has 1 amide bonds. The summed E-state index contributed by atoms with van der Waals surface area (Å²) in [4.78, 5) is 35.3. The van der Waals surface area contributed by atoms with E-state index in [1.165, 1.54) is 6.20 Å². The van der Waals surface area contributed by atoms with E-state index in [-0.39, 0.29) is 5.91 Å². The minimum Gasteiger partial charge on any atom is -0.309 e. The molecule has 4 aromatic heterocycles. The summed E-state index contributed by atoms with van der Waals surface area (Å²) < 4.78 is 1.90. The highest BCUT2D eigenvalue weighted by molar-refractivity contribution is 6.30. The normalized spacial score (nSPS) is 18.1. The summed E-state index contributed by atoms with van der Waals surface area (Å²) in [5, 5.41) is 3.37. The number of nitrogens with one attached hydrogen (secondary N) is 1. The first-order chi connectivity index (χ1) is 14.0. The van der Waals surface area contributed by atoms with Crippen LogP contribution in [0.2, 0.25) is 5.02 Å². The van der Waals surface area contributed by atoms with Crippen LogP contribution in [0.25, 0.3) is 17.2 Å². The number of aryl methyl sites for hydroxylation is 1. The monoisotopic (exact) mass is 405 g/mol. The van der Waals surface area contributed by atoms with Gasteiger partial charge in [0.15, 0.2) is 11.5 Å². The molecule has 0 fully saturated rings. The van der Waals surface area contributed by atoms with Gasteiger partial charge < -0.3 is 9.72 Å². The Hall–Kier alpha value is -3.39. The molecule has 8 nitrogen and oxygen atoms in total. The molecule has 5 rings (SSSR count). The average molecular weight is 406 g/mol. The number of anilines is 1. The number of pyridine rings is 1. The number of fused-ring (bicyclic) bond motifs is 2. The van der Waals surface area contributed by atoms with Crippen molar-refractivity contribution in [2.75, 3.05) is 5.32 Å². The van der Waals surface area contributed by atoms with Gasteiger partial charge in [0.05, 0.1) is 16.4 Å². The van der Waals surface area contributed by atoms with E-state index in [2.05, 4.69) is 30.2 Å². The van der Waals surface area contributed by atoms with E-state index in [0.29, 0.717) is 33.6 Å². The summed E-state index contributed by atoms with van der Waals surface area (Å²) in [6, 6.07) is 3.46. The second-order valence-electron chi connectivity index (χ2n) is 6.98. The van der Waals surface area contributed by atoms with E-state index in [4.69, 9.17) is 11.6 Å². The van der Waals surface area contributed by atoms with Crippen LogP contribution in [0.5, 0.6) is 0 Å². The van der Waals surface area contributed by atoms with Crippen LogP contribution in [0.3, 0.4) is 0 Å². The van der Waals surface area contributed by atoms with Crippen molar-refractivity contribution < 1.29 is 4.79 Å². The molecule has 0 radical (unpaired) electrons. The lowest BCUT2D eigenvalue weighted by Gasteiger charge is -2.20. The fourth-order valence-corrected chi connectivity index (χ4v) is 3.70. The Labute approximate surface area is 171 Å². The lowest BCUT2D eigenvalue weighted by Crippen LogP contribution is -2.33. The van der Waals surface area contributed by atoms with E-state index in [1.54, 1.807) is 31.5 Å². The van der Waals surface area contributed by atoms with E-state index >= 15 is 0 Å². The fourth-order valence-electron chi connectivity index (χ4n) is 3.59. The van der Waals surface area contributed by atoms with Crippen LogP contribution in [0.4, 0.5) is 5.82 Å². The van der Waals surface area contributed by atoms with Gasteiger partial charge in [-0.25, -0.2) is 19.9 Å². The number of hydrogen-bond acceptors (Lipinski definition) is 6. The van der Waals surface area contributed by atoms with Gasteiger partial charge in [-0.1, -0.05) is 18.5 Å². The van der Waals surface area contributed by atoms with E-state index in [0.717, 1.165) is 17.8 Å². The molecule has 0 aliphatic carbocycles. The molecule has 144 valence electrons. The first-order valence-electron chi connectivity index (χ1n) is 9.14. The van der Waals surface area contributed by atoms with Crippen molar-refractivity contribution in [1.82, 2.24) is 29.3 Å². The highest BCUT2D eigenvalue weighted by Gasteiger charge is 2.46. The van der Waals surface area contributed by atoms with Gasteiger partial charge in [0.2, 0.25) is 5.91 Å². The van der Waals surface area contributed by atoms with Crippen molar-refractivity contribution in [3.05, 3.63) is 65.1 Å². The maximum Gasteiger partial charge on any atom is 0.242 e. The number of amides is 1. The van der Waals surface area contributed by atoms with E-state index in [9.17, 15) is 4.79 Å². The van der Waals surface area contributed by atoms with Crippen molar-refractivity contribution in [3.8, 4) is 11.5 Å². The summed E-state index contributed by atoms with van der Waals surface area (Å²) in [6.07, 6.45) is 9.35. The second kappa shape index (κ2) is 6.31. The predicted octanol–water partition coefficient (Wildman–Crippen LogP) is 3.06. The second-order valence-corrected chi connectivity index (χ2v) is 7.42. The number of nitrogens with zero attached hydrogens (tertiary/aromatic N) is 6. The Kier molecular flexibility index (Phi) is 3.85. The first kappa shape index (κ1) is 17.7. The number of hydrogen-bond donors (Lipinski definition) is 1. The summed E-state index contributed by atoms with van der Waals surface area (Å²) >= 11 is 5.95. The molecule has 0 aromatic carbocycles. The Morgan fingerprint density at radius 1 is 1.17 bits per heavy atom. The molecular weight excluding hydrogens is 390 g/mol. The number of rotatable bonds is 3. The zero-order valence-electron chi connectivity index (χ0n) is 15.7. The van der Waals surface area contributed by atoms with Crippen LogP contribution in [-0.2, 0) is 16.6 Å². The Morgan fingerprint density at radius 2 is 2.03 bits per heavy atom. The molecule has 1 N–H and O–H groups in total. The predicted molar refractivity (Wildman–Crippen MR) is 108 cm³/mol. The summed E-state index contributed by atoms with van der Waals surface area (Å²) in [5.41, 5.74) is 2.54. The third-order valence-electron chi connectivity index (χ3n) is 5.26. The maximum atomic E-state index is 12.8. The van der Waals surface area contributed by atoms with E-state index in [1.807, 2.05) is 23.7 Å². The third-order valence-corrected chi connectivity index (χ3v) is 5.48. The van der Waals surface area contributed by atoms with Crippen molar-refractivity contribution in [2.24, 2.45) is 0 Å². The topological polar surface area (TPSA) is 98.0 Å². The van der Waals surface area contributed by atoms with Gasteiger partial charge in [0.1, 0.15) is 16.9 Å². The van der Waals surface area contributed by atoms with Gasteiger partial charge in [0, 0.05) is 36.5 Å². The average Bonchev–Trinajstić information content (AvgIpc) is 3.30. The van der Waals surface area contributed by atoms with Crippen LogP contribution >= 0.6 is 11.6 Å². The fraction of sp³-hybridized carbons (Fsp3) is 0.200. The van der Waals surface area contributed by atoms with Crippen LogP contribution < -0.4 is 5.32 Å². The molecule has 1 unspecified atom stereocenters. The largest absolute Gasteiger partial charge is 0.309 e. The van der Waals surface area contributed by atoms with Crippen molar-refractivity contribution >= 4 is 29.0 Å². The van der Waals surface area contributed by atoms with Crippen molar-refractivity contribution in [2.45, 2.75) is 25.7 Å². The highest BCUT2D eigenvalue weighted by Crippen LogP contribution is 2.41. The highest BCUT2D eigenvalue weighted by atomic mass is 35.5. The standard InChI is InChI=1S/C20H16ClN7O/c1-3-13-18-22-6-7-28(18)10-14(25-13)17-24-9-12-16(26-17)27-19(29)20(12,2)15-5-4-11(21)8-23-15/h4-10H,3H2,1-2H3,(H,24,26,27,29). The van der Waals surface area contributed by atoms with Crippen LogP contribution in [-0.4, -0.2) is 35.2 Å². The van der Waals surface area contributed by atoms with Crippen LogP contribution in [0.15, 0.2) is 43.1 Å². The van der Waals surface area contributed by atoms with Crippen LogP contribution in [0, 0.1) is 0 Å². The van der Waals surface area contributed by atoms with E-state index < -0.39 is 5.41 Å². The first-order valence-corrected chi connectivity index (χ1v) is 9.52. The molecule has 9 heteroatoms. The molecule has 0 spiro atoms. The molecule has 0 saturated carbocycles. The van der Waals surface area contributed by atoms with Crippen LogP contribution in [0.1, 0.15) is 30.8 Å². The summed E-state index contributed by atoms with van der Waals surface area (Å²) in [5.74, 6) is 0.688. The van der Waals surface area contributed by atoms with Gasteiger partial charge in [-0.2, -0.15) is 0 Å². The van der Waals surface area contributed by atoms with Crippen molar-refractivity contribution in [3.63, 3.8) is 0 Å². The van der Waals surface area contributed by atoms with Gasteiger partial charge in [-0.05, 0) is 25.5 Å². The Morgan fingerprint density at radius 3 is 2.79 bits per heavy atom. The molecule has 29 heavy (non-hydrogen) atoms. The van der Waals surface area contributed by atoms with Gasteiger partial charge >= 0.3 is 0 Å². The molecule has 0 saturated heterocycles. The zero-order valence-corrected chi connectivity index (χ0v) is 16.5. The van der Waals surface area contributed by atoms with Crippen molar-refractivity contribution in [1.29, 1.82) is 0 Å². The zero-order chi connectivity index (χ0) is 20.2. The SMILES string of the molecule is CCc1nc(-c2ncc3c(n2)NC(=O)C3(C)c2ccc(Cl)cn2)cn2ccnc12. The summed E-state index contributed by atoms with van der Waals surface area (Å²) in [7, 11) is 0. The van der Waals surface area contributed by atoms with Gasteiger partial charge in [-0.15, -0.1) is 0 Å². The smallest absolute Gasteiger partial charge is 0.242 e. The molecule has 0 bridgehead atoms. The maximum absolute atomic E-state index is 12.8. The molecule has 4 aromatic rings. The third kappa shape index (κ3) is 2.60. The molecular formula is C20H16ClN7O. The Balaban J connectivity index is 1.62. The number of imidazole rings is 1. The lowest BCUT2D eigenvalue weighted by atomic mass is 9.81. The number of carbonyl (C=O) groups excluding carboxylic acids is 1. The molecule has 1 aliphatic rings.